The molecule has 0 aliphatic heterocycles. The van der Waals surface area contributed by atoms with E-state index in [1.165, 1.54) is 116 Å². The van der Waals surface area contributed by atoms with Gasteiger partial charge in [0.2, 0.25) is 0 Å². The molecule has 0 N–H and O–H groups in total. The van der Waals surface area contributed by atoms with E-state index in [0.717, 1.165) is 64.6 Å². The van der Waals surface area contributed by atoms with Crippen molar-refractivity contribution in [2.24, 2.45) is 0 Å². The van der Waals surface area contributed by atoms with Crippen molar-refractivity contribution in [1.82, 2.24) is 9.80 Å². The Morgan fingerprint density at radius 1 is 0.415 bits per heavy atom. The first-order chi connectivity index (χ1) is 26.0. The number of likely N-dealkylation sites (N-methyl/N-ethyl adjacent to an activating group) is 1. The third-order valence-corrected chi connectivity index (χ3v) is 9.57. The van der Waals surface area contributed by atoms with E-state index in [2.05, 4.69) is 86.4 Å². The van der Waals surface area contributed by atoms with Crippen molar-refractivity contribution in [3.05, 3.63) is 48.6 Å². The number of allylic oxidation sites excluding steroid dienone is 8. The zero-order valence-corrected chi connectivity index (χ0v) is 35.5. The summed E-state index contributed by atoms with van der Waals surface area (Å²) in [6.45, 7) is 8.78. The Morgan fingerprint density at radius 3 is 1.25 bits per heavy atom. The maximum absolute atomic E-state index is 12.4. The number of esters is 2. The summed E-state index contributed by atoms with van der Waals surface area (Å²) in [5, 5.41) is 0. The highest BCUT2D eigenvalue weighted by Gasteiger charge is 2.11. The second-order valence-corrected chi connectivity index (χ2v) is 15.1. The minimum absolute atomic E-state index is 0.104. The van der Waals surface area contributed by atoms with Crippen molar-refractivity contribution in [1.29, 1.82) is 0 Å². The molecule has 0 saturated carbocycles. The lowest BCUT2D eigenvalue weighted by atomic mass is 10.1. The molecule has 0 atom stereocenters. The number of ether oxygens (including phenoxy) is 2. The van der Waals surface area contributed by atoms with Gasteiger partial charge in [-0.3, -0.25) is 9.59 Å². The van der Waals surface area contributed by atoms with Crippen LogP contribution in [-0.4, -0.2) is 75.2 Å². The van der Waals surface area contributed by atoms with Crippen LogP contribution < -0.4 is 0 Å². The van der Waals surface area contributed by atoms with E-state index in [-0.39, 0.29) is 11.9 Å². The molecule has 0 rings (SSSR count). The molecule has 0 fully saturated rings. The summed E-state index contributed by atoms with van der Waals surface area (Å²) in [4.78, 5) is 29.2. The molecule has 0 bridgehead atoms. The van der Waals surface area contributed by atoms with Crippen LogP contribution in [-0.2, 0) is 19.1 Å². The molecule has 0 spiro atoms. The van der Waals surface area contributed by atoms with Gasteiger partial charge in [0.25, 0.3) is 0 Å². The molecule has 0 heterocycles. The quantitative estimate of drug-likeness (QED) is 0.0354. The Balaban J connectivity index is 3.81. The third kappa shape index (κ3) is 42.4. The van der Waals surface area contributed by atoms with Crippen LogP contribution in [0.5, 0.6) is 0 Å². The topological polar surface area (TPSA) is 59.1 Å². The van der Waals surface area contributed by atoms with E-state index in [0.29, 0.717) is 32.6 Å². The van der Waals surface area contributed by atoms with Crippen molar-refractivity contribution in [2.45, 2.75) is 187 Å². The van der Waals surface area contributed by atoms with Gasteiger partial charge in [-0.15, -0.1) is 0 Å². The second-order valence-electron chi connectivity index (χ2n) is 15.1. The fraction of sp³-hybridized carbons (Fsp3) is 0.787. The van der Waals surface area contributed by atoms with Crippen molar-refractivity contribution in [2.75, 3.05) is 53.5 Å². The van der Waals surface area contributed by atoms with E-state index in [4.69, 9.17) is 9.47 Å². The molecule has 6 nitrogen and oxygen atoms in total. The van der Waals surface area contributed by atoms with Crippen LogP contribution in [0.15, 0.2) is 48.6 Å². The first kappa shape index (κ1) is 50.8. The summed E-state index contributed by atoms with van der Waals surface area (Å²) in [6.07, 6.45) is 49.0. The van der Waals surface area contributed by atoms with Gasteiger partial charge in [-0.2, -0.15) is 0 Å². The summed E-state index contributed by atoms with van der Waals surface area (Å²) in [6, 6.07) is 0. The molecular weight excluding hydrogens is 657 g/mol. The lowest BCUT2D eigenvalue weighted by Gasteiger charge is -2.23. The van der Waals surface area contributed by atoms with E-state index in [9.17, 15) is 9.59 Å². The number of hydrogen-bond donors (Lipinski definition) is 0. The van der Waals surface area contributed by atoms with Crippen LogP contribution in [0.25, 0.3) is 0 Å². The van der Waals surface area contributed by atoms with Gasteiger partial charge in [0.1, 0.15) is 0 Å². The zero-order chi connectivity index (χ0) is 38.7. The minimum atomic E-state index is -0.116. The predicted molar refractivity (Wildman–Crippen MR) is 229 cm³/mol. The number of carbonyl (C=O) groups excluding carboxylic acids is 2. The maximum atomic E-state index is 12.4. The van der Waals surface area contributed by atoms with E-state index < -0.39 is 0 Å². The largest absolute Gasteiger partial charge is 0.466 e. The molecule has 0 aliphatic carbocycles. The molecule has 308 valence electrons. The van der Waals surface area contributed by atoms with Gasteiger partial charge in [0.15, 0.2) is 0 Å². The molecule has 0 saturated heterocycles. The van der Waals surface area contributed by atoms with Crippen LogP contribution in [0, 0.1) is 0 Å². The van der Waals surface area contributed by atoms with Crippen LogP contribution in [0.4, 0.5) is 0 Å². The van der Waals surface area contributed by atoms with Gasteiger partial charge in [0.05, 0.1) is 19.6 Å². The van der Waals surface area contributed by atoms with Gasteiger partial charge in [0, 0.05) is 26.1 Å². The van der Waals surface area contributed by atoms with Gasteiger partial charge >= 0.3 is 11.9 Å². The molecular formula is C47H86N2O4. The Morgan fingerprint density at radius 2 is 0.811 bits per heavy atom. The fourth-order valence-electron chi connectivity index (χ4n) is 6.07. The summed E-state index contributed by atoms with van der Waals surface area (Å²) in [7, 11) is 4.12. The smallest absolute Gasteiger partial charge is 0.307 e. The van der Waals surface area contributed by atoms with Gasteiger partial charge in [-0.1, -0.05) is 140 Å². The van der Waals surface area contributed by atoms with E-state index >= 15 is 0 Å². The number of hydrogen-bond acceptors (Lipinski definition) is 6. The summed E-state index contributed by atoms with van der Waals surface area (Å²) < 4.78 is 11.0. The maximum Gasteiger partial charge on any atom is 0.307 e. The van der Waals surface area contributed by atoms with Crippen LogP contribution in [0.2, 0.25) is 0 Å². The van der Waals surface area contributed by atoms with Crippen molar-refractivity contribution in [3.8, 4) is 0 Å². The Kier molecular flexibility index (Phi) is 40.8. The van der Waals surface area contributed by atoms with Crippen molar-refractivity contribution in [3.63, 3.8) is 0 Å². The Bertz CT molecular complexity index is 910. The van der Waals surface area contributed by atoms with Gasteiger partial charge in [-0.25, -0.2) is 0 Å². The SMILES string of the molecule is CCCCC/C=C\C/C=C\CCCCCCCCOC(=O)CCCN(CCC(=O)OCCCCCCCC/C=C\C/C=C\CCCCC)CCN(C)C. The predicted octanol–water partition coefficient (Wildman–Crippen LogP) is 12.7. The van der Waals surface area contributed by atoms with Crippen LogP contribution in [0.1, 0.15) is 187 Å². The average molecular weight is 743 g/mol. The highest BCUT2D eigenvalue weighted by atomic mass is 16.5. The first-order valence-corrected chi connectivity index (χ1v) is 22.3. The normalized spacial score (nSPS) is 12.2. The van der Waals surface area contributed by atoms with Gasteiger partial charge < -0.3 is 19.3 Å². The highest BCUT2D eigenvalue weighted by molar-refractivity contribution is 5.69. The lowest BCUT2D eigenvalue weighted by Crippen LogP contribution is -2.34. The van der Waals surface area contributed by atoms with E-state index in [1.807, 2.05) is 0 Å². The summed E-state index contributed by atoms with van der Waals surface area (Å²) >= 11 is 0. The molecule has 6 heteroatoms. The molecule has 0 radical (unpaired) electrons. The Hall–Kier alpha value is -2.18. The molecule has 0 aliphatic rings. The number of carbonyl (C=O) groups is 2. The first-order valence-electron chi connectivity index (χ1n) is 22.3. The number of rotatable bonds is 40. The van der Waals surface area contributed by atoms with Gasteiger partial charge in [-0.05, 0) is 104 Å². The summed E-state index contributed by atoms with van der Waals surface area (Å²) in [5.74, 6) is -0.219. The Labute approximate surface area is 329 Å². The average Bonchev–Trinajstić information content (AvgIpc) is 3.14. The van der Waals surface area contributed by atoms with Crippen molar-refractivity contribution < 1.29 is 19.1 Å². The number of unbranched alkanes of at least 4 members (excludes halogenated alkanes) is 18. The van der Waals surface area contributed by atoms with Crippen LogP contribution in [0.3, 0.4) is 0 Å². The molecule has 0 aromatic rings. The second kappa shape index (κ2) is 42.6. The molecule has 0 unspecified atom stereocenters. The lowest BCUT2D eigenvalue weighted by molar-refractivity contribution is -0.145. The minimum Gasteiger partial charge on any atom is -0.466 e. The molecule has 0 aromatic heterocycles. The van der Waals surface area contributed by atoms with Crippen molar-refractivity contribution >= 4 is 11.9 Å². The standard InChI is InChI=1S/C47H86N2O4/c1-5-7-9-11-13-15-17-19-21-23-25-27-29-31-33-35-44-52-46(50)38-37-40-49(43-42-48(3)4)41-39-47(51)53-45-36-34-32-30-28-26-24-22-20-18-16-14-12-10-8-6-2/h13-16,19-22H,5-12,17-18,23-45H2,1-4H3/b15-13-,16-14-,21-19-,22-20-. The number of nitrogens with zero attached hydrogens (tertiary/aromatic N) is 2. The molecule has 0 aromatic carbocycles. The molecule has 0 amide bonds. The summed E-state index contributed by atoms with van der Waals surface area (Å²) in [5.41, 5.74) is 0. The monoisotopic (exact) mass is 743 g/mol. The zero-order valence-electron chi connectivity index (χ0n) is 35.5. The fourth-order valence-corrected chi connectivity index (χ4v) is 6.07. The van der Waals surface area contributed by atoms with Crippen LogP contribution >= 0.6 is 0 Å². The van der Waals surface area contributed by atoms with E-state index in [1.54, 1.807) is 0 Å². The highest BCUT2D eigenvalue weighted by Crippen LogP contribution is 2.11. The third-order valence-electron chi connectivity index (χ3n) is 9.57. The molecule has 53 heavy (non-hydrogen) atoms.